The van der Waals surface area contributed by atoms with E-state index in [0.29, 0.717) is 12.1 Å². The molecule has 4 N–H and O–H groups in total. The van der Waals surface area contributed by atoms with E-state index in [0.717, 1.165) is 6.07 Å². The van der Waals surface area contributed by atoms with Gasteiger partial charge in [0.1, 0.15) is 0 Å². The zero-order valence-electron chi connectivity index (χ0n) is 11.4. The molecule has 1 unspecified atom stereocenters. The molecule has 0 saturated heterocycles. The SMILES string of the molecule is CCC(C)(N)C(=O)Nc1cc(C(=O)O)cc(C(F)(F)F)c1. The maximum atomic E-state index is 12.7. The number of nitrogens with one attached hydrogen (secondary N) is 1. The highest BCUT2D eigenvalue weighted by atomic mass is 19.4. The van der Waals surface area contributed by atoms with Crippen molar-refractivity contribution in [3.8, 4) is 0 Å². The number of hydrogen-bond donors (Lipinski definition) is 3. The van der Waals surface area contributed by atoms with Crippen LogP contribution in [0.4, 0.5) is 18.9 Å². The second-order valence-corrected chi connectivity index (χ2v) is 4.83. The first-order valence-corrected chi connectivity index (χ1v) is 6.03. The molecule has 1 rings (SSSR count). The number of hydrogen-bond acceptors (Lipinski definition) is 3. The topological polar surface area (TPSA) is 92.4 Å². The van der Waals surface area contributed by atoms with Gasteiger partial charge < -0.3 is 16.2 Å². The molecule has 5 nitrogen and oxygen atoms in total. The van der Waals surface area contributed by atoms with E-state index in [1.807, 2.05) is 0 Å². The van der Waals surface area contributed by atoms with Gasteiger partial charge in [0.2, 0.25) is 5.91 Å². The van der Waals surface area contributed by atoms with Crippen molar-refractivity contribution < 1.29 is 27.9 Å². The van der Waals surface area contributed by atoms with Crippen molar-refractivity contribution in [2.75, 3.05) is 5.32 Å². The number of benzene rings is 1. The van der Waals surface area contributed by atoms with Gasteiger partial charge in [0, 0.05) is 5.69 Å². The van der Waals surface area contributed by atoms with Gasteiger partial charge in [0.05, 0.1) is 16.7 Å². The van der Waals surface area contributed by atoms with Gasteiger partial charge in [-0.05, 0) is 31.5 Å². The highest BCUT2D eigenvalue weighted by Crippen LogP contribution is 2.32. The van der Waals surface area contributed by atoms with Crippen LogP contribution in [-0.2, 0) is 11.0 Å². The molecular weight excluding hydrogens is 289 g/mol. The van der Waals surface area contributed by atoms with Crippen molar-refractivity contribution in [1.82, 2.24) is 0 Å². The van der Waals surface area contributed by atoms with Crippen molar-refractivity contribution in [1.29, 1.82) is 0 Å². The summed E-state index contributed by atoms with van der Waals surface area (Å²) in [5.74, 6) is -2.22. The van der Waals surface area contributed by atoms with Gasteiger partial charge in [0.15, 0.2) is 0 Å². The van der Waals surface area contributed by atoms with E-state index in [2.05, 4.69) is 5.32 Å². The summed E-state index contributed by atoms with van der Waals surface area (Å²) in [7, 11) is 0. The van der Waals surface area contributed by atoms with Crippen molar-refractivity contribution in [2.24, 2.45) is 5.73 Å². The molecule has 8 heteroatoms. The Morgan fingerprint density at radius 2 is 1.86 bits per heavy atom. The number of rotatable bonds is 4. The first-order valence-electron chi connectivity index (χ1n) is 6.03. The van der Waals surface area contributed by atoms with Crippen LogP contribution in [0.5, 0.6) is 0 Å². The van der Waals surface area contributed by atoms with Gasteiger partial charge >= 0.3 is 12.1 Å². The van der Waals surface area contributed by atoms with E-state index >= 15 is 0 Å². The van der Waals surface area contributed by atoms with Crippen LogP contribution in [0.3, 0.4) is 0 Å². The third-order valence-corrected chi connectivity index (χ3v) is 3.02. The maximum Gasteiger partial charge on any atom is 0.416 e. The van der Waals surface area contributed by atoms with Gasteiger partial charge in [0.25, 0.3) is 0 Å². The smallest absolute Gasteiger partial charge is 0.416 e. The molecular formula is C13H15F3N2O3. The average molecular weight is 304 g/mol. The lowest BCUT2D eigenvalue weighted by atomic mass is 9.99. The molecule has 116 valence electrons. The van der Waals surface area contributed by atoms with E-state index in [1.54, 1.807) is 6.92 Å². The Morgan fingerprint density at radius 3 is 2.29 bits per heavy atom. The predicted octanol–water partition coefficient (Wildman–Crippen LogP) is 2.47. The molecule has 0 saturated carbocycles. The summed E-state index contributed by atoms with van der Waals surface area (Å²) in [6.07, 6.45) is -4.45. The second-order valence-electron chi connectivity index (χ2n) is 4.83. The average Bonchev–Trinajstić information content (AvgIpc) is 2.37. The number of carboxylic acids is 1. The minimum atomic E-state index is -4.72. The molecule has 0 bridgehead atoms. The van der Waals surface area contributed by atoms with E-state index in [-0.39, 0.29) is 12.1 Å². The largest absolute Gasteiger partial charge is 0.478 e. The Kier molecular flexibility index (Phi) is 4.62. The van der Waals surface area contributed by atoms with Crippen LogP contribution in [0, 0.1) is 0 Å². The summed E-state index contributed by atoms with van der Waals surface area (Å²) in [6, 6.07) is 2.11. The zero-order chi connectivity index (χ0) is 16.4. The molecule has 0 heterocycles. The number of alkyl halides is 3. The van der Waals surface area contributed by atoms with Gasteiger partial charge in [-0.15, -0.1) is 0 Å². The van der Waals surface area contributed by atoms with Crippen molar-refractivity contribution in [3.05, 3.63) is 29.3 Å². The minimum Gasteiger partial charge on any atom is -0.478 e. The highest BCUT2D eigenvalue weighted by Gasteiger charge is 2.33. The summed E-state index contributed by atoms with van der Waals surface area (Å²) in [4.78, 5) is 22.7. The van der Waals surface area contributed by atoms with Gasteiger partial charge in [-0.3, -0.25) is 4.79 Å². The fourth-order valence-electron chi connectivity index (χ4n) is 1.42. The lowest BCUT2D eigenvalue weighted by molar-refractivity contribution is -0.137. The standard InChI is InChI=1S/C13H15F3N2O3/c1-3-12(2,17)11(21)18-9-5-7(10(19)20)4-8(6-9)13(14,15)16/h4-6H,3,17H2,1-2H3,(H,18,21)(H,19,20). The molecule has 0 fully saturated rings. The van der Waals surface area contributed by atoms with Crippen molar-refractivity contribution in [2.45, 2.75) is 32.0 Å². The first-order chi connectivity index (χ1) is 9.47. The van der Waals surface area contributed by atoms with Crippen LogP contribution >= 0.6 is 0 Å². The lowest BCUT2D eigenvalue weighted by Gasteiger charge is -2.22. The molecule has 1 aromatic rings. The minimum absolute atomic E-state index is 0.266. The maximum absolute atomic E-state index is 12.7. The fraction of sp³-hybridized carbons (Fsp3) is 0.385. The van der Waals surface area contributed by atoms with E-state index in [9.17, 15) is 22.8 Å². The number of halogens is 3. The zero-order valence-corrected chi connectivity index (χ0v) is 11.4. The number of carbonyl (C=O) groups excluding carboxylic acids is 1. The Hall–Kier alpha value is -2.09. The van der Waals surface area contributed by atoms with Crippen LogP contribution in [-0.4, -0.2) is 22.5 Å². The molecule has 0 spiro atoms. The molecule has 1 atom stereocenters. The molecule has 21 heavy (non-hydrogen) atoms. The van der Waals surface area contributed by atoms with Crippen LogP contribution in [0.25, 0.3) is 0 Å². The van der Waals surface area contributed by atoms with E-state index in [1.165, 1.54) is 6.92 Å². The van der Waals surface area contributed by atoms with Crippen LogP contribution < -0.4 is 11.1 Å². The predicted molar refractivity (Wildman–Crippen MR) is 69.9 cm³/mol. The summed E-state index contributed by atoms with van der Waals surface area (Å²) < 4.78 is 38.2. The highest BCUT2D eigenvalue weighted by molar-refractivity contribution is 5.99. The summed E-state index contributed by atoms with van der Waals surface area (Å²) >= 11 is 0. The Bertz CT molecular complexity index is 568. The number of carbonyl (C=O) groups is 2. The molecule has 0 aliphatic carbocycles. The lowest BCUT2D eigenvalue weighted by Crippen LogP contribution is -2.47. The molecule has 1 aromatic carbocycles. The van der Waals surface area contributed by atoms with Crippen molar-refractivity contribution in [3.63, 3.8) is 0 Å². The Balaban J connectivity index is 3.21. The number of aromatic carboxylic acids is 1. The molecule has 0 aliphatic rings. The third-order valence-electron chi connectivity index (χ3n) is 3.02. The number of anilines is 1. The first kappa shape index (κ1) is 17.0. The fourth-order valence-corrected chi connectivity index (χ4v) is 1.42. The molecule has 0 radical (unpaired) electrons. The quantitative estimate of drug-likeness (QED) is 0.796. The van der Waals surface area contributed by atoms with Gasteiger partial charge in [-0.25, -0.2) is 4.79 Å². The molecule has 0 aliphatic heterocycles. The van der Waals surface area contributed by atoms with E-state index < -0.39 is 34.7 Å². The normalized spacial score (nSPS) is 14.4. The van der Waals surface area contributed by atoms with Crippen LogP contribution in [0.2, 0.25) is 0 Å². The van der Waals surface area contributed by atoms with Crippen molar-refractivity contribution >= 4 is 17.6 Å². The van der Waals surface area contributed by atoms with Gasteiger partial charge in [-0.2, -0.15) is 13.2 Å². The van der Waals surface area contributed by atoms with Crippen LogP contribution in [0.1, 0.15) is 36.2 Å². The van der Waals surface area contributed by atoms with E-state index in [4.69, 9.17) is 10.8 Å². The van der Waals surface area contributed by atoms with Crippen LogP contribution in [0.15, 0.2) is 18.2 Å². The number of amides is 1. The second kappa shape index (κ2) is 5.72. The number of nitrogens with two attached hydrogens (primary N) is 1. The Morgan fingerprint density at radius 1 is 1.29 bits per heavy atom. The molecule has 0 aromatic heterocycles. The van der Waals surface area contributed by atoms with Gasteiger partial charge in [-0.1, -0.05) is 6.92 Å². The summed E-state index contributed by atoms with van der Waals surface area (Å²) in [5, 5.41) is 11.0. The Labute approximate surface area is 118 Å². The monoisotopic (exact) mass is 304 g/mol. The molecule has 1 amide bonds. The summed E-state index contributed by atoms with van der Waals surface area (Å²) in [5.41, 5.74) is 2.41. The number of carboxylic acid groups (broad SMARTS) is 1. The summed E-state index contributed by atoms with van der Waals surface area (Å²) in [6.45, 7) is 3.07. The third kappa shape index (κ3) is 4.19.